The lowest BCUT2D eigenvalue weighted by Crippen LogP contribution is -2.61. The van der Waals surface area contributed by atoms with Crippen LogP contribution in [-0.4, -0.2) is 108 Å². The number of ketones is 1. The Morgan fingerprint density at radius 1 is 0.857 bits per heavy atom. The molecule has 0 amide bonds. The van der Waals surface area contributed by atoms with Gasteiger partial charge < -0.3 is 43.4 Å². The molecule has 2 N–H and O–H groups in total. The Labute approximate surface area is 248 Å². The first kappa shape index (κ1) is 29.7. The molecule has 10 heteroatoms. The monoisotopic (exact) mass is 592 g/mol. The largest absolute Gasteiger partial charge is 0.394 e. The highest BCUT2D eigenvalue weighted by atomic mass is 16.8. The number of hydrogen-bond acceptors (Lipinski definition) is 10. The zero-order valence-corrected chi connectivity index (χ0v) is 24.9. The maximum absolute atomic E-state index is 13.5. The van der Waals surface area contributed by atoms with E-state index in [-0.39, 0.29) is 97.8 Å². The number of carbonyl (C=O) groups excluding carboxylic acids is 1. The molecule has 236 valence electrons. The van der Waals surface area contributed by atoms with Gasteiger partial charge in [-0.2, -0.15) is 0 Å². The van der Waals surface area contributed by atoms with E-state index in [2.05, 4.69) is 20.4 Å². The molecule has 0 radical (unpaired) electrons. The highest BCUT2D eigenvalue weighted by Gasteiger charge is 2.64. The average Bonchev–Trinajstić information content (AvgIpc) is 3.56. The zero-order valence-electron chi connectivity index (χ0n) is 24.9. The van der Waals surface area contributed by atoms with Crippen LogP contribution in [0.2, 0.25) is 0 Å². The summed E-state index contributed by atoms with van der Waals surface area (Å²) in [6.45, 7) is 8.39. The van der Waals surface area contributed by atoms with E-state index >= 15 is 0 Å². The maximum atomic E-state index is 13.5. The van der Waals surface area contributed by atoms with Gasteiger partial charge in [0.2, 0.25) is 0 Å². The van der Waals surface area contributed by atoms with Gasteiger partial charge in [-0.3, -0.25) is 4.79 Å². The highest BCUT2D eigenvalue weighted by molar-refractivity contribution is 5.79. The van der Waals surface area contributed by atoms with E-state index in [1.807, 2.05) is 0 Å². The molecule has 8 rings (SSSR count). The normalized spacial score (nSPS) is 50.1. The molecule has 0 aromatic heterocycles. The molecule has 0 aromatic carbocycles. The van der Waals surface area contributed by atoms with Gasteiger partial charge in [0.25, 0.3) is 0 Å². The molecule has 42 heavy (non-hydrogen) atoms. The number of aliphatic hydroxyl groups excluding tert-OH is 2. The summed E-state index contributed by atoms with van der Waals surface area (Å²) in [5, 5.41) is 19.5. The van der Waals surface area contributed by atoms with Gasteiger partial charge in [-0.05, 0) is 49.5 Å². The van der Waals surface area contributed by atoms with Crippen molar-refractivity contribution >= 4 is 5.78 Å². The minimum Gasteiger partial charge on any atom is -0.394 e. The third kappa shape index (κ3) is 5.65. The second-order valence-corrected chi connectivity index (χ2v) is 13.9. The van der Waals surface area contributed by atoms with Gasteiger partial charge in [0.15, 0.2) is 6.29 Å². The van der Waals surface area contributed by atoms with Crippen molar-refractivity contribution in [3.8, 4) is 0 Å². The van der Waals surface area contributed by atoms with Crippen molar-refractivity contribution in [2.45, 2.75) is 164 Å². The standard InChI is InChI=1S/C32H48O10/c1-4-20-7-15(2)16(3)24(36-20)12-25-17(9-22(37-25)11-19(35)14-33)8-18(34)10-21-5-6-23-28(38-21)31-32-30(39-23)29-26(40-32)13-27(41-29)42-31/h15,17,19-33,35H,3-14H2,1-2H3/t15?,17?,19?,20?,21?,22-,23?,24?,25-,26?,27+,28?,29?,30?,31?,32?/m0/s1. The molecule has 0 aromatic rings. The Balaban J connectivity index is 0.980. The molecule has 8 fully saturated rings. The van der Waals surface area contributed by atoms with Crippen molar-refractivity contribution in [3.63, 3.8) is 0 Å². The van der Waals surface area contributed by atoms with Crippen LogP contribution in [0, 0.1) is 11.8 Å². The topological polar surface area (TPSA) is 122 Å². The van der Waals surface area contributed by atoms with Gasteiger partial charge in [0, 0.05) is 32.1 Å². The summed E-state index contributed by atoms with van der Waals surface area (Å²) < 4.78 is 44.4. The first-order valence-electron chi connectivity index (χ1n) is 16.4. The number of hydrogen-bond donors (Lipinski definition) is 2. The molecule has 8 aliphatic heterocycles. The Morgan fingerprint density at radius 3 is 2.40 bits per heavy atom. The lowest BCUT2D eigenvalue weighted by atomic mass is 9.82. The average molecular weight is 593 g/mol. The number of rotatable bonds is 10. The van der Waals surface area contributed by atoms with E-state index in [0.29, 0.717) is 38.0 Å². The SMILES string of the molecule is C=C1C(C)CC(CC)OC1C[C@@H]1O[C@H](CC(O)CO)CC1CC(=O)CC1CCC2OC3C4O[C@H]5CC4OC3C(O5)C2O1. The minimum atomic E-state index is -0.835. The Bertz CT molecular complexity index is 1010. The molecule has 13 unspecified atom stereocenters. The molecular weight excluding hydrogens is 544 g/mol. The van der Waals surface area contributed by atoms with Crippen LogP contribution < -0.4 is 0 Å². The van der Waals surface area contributed by atoms with Gasteiger partial charge in [0.05, 0.1) is 55.4 Å². The summed E-state index contributed by atoms with van der Waals surface area (Å²) in [5.41, 5.74) is 1.09. The second kappa shape index (κ2) is 12.1. The van der Waals surface area contributed by atoms with E-state index in [0.717, 1.165) is 37.7 Å². The summed E-state index contributed by atoms with van der Waals surface area (Å²) in [6, 6.07) is 0. The molecule has 8 heterocycles. The van der Waals surface area contributed by atoms with Crippen molar-refractivity contribution in [3.05, 3.63) is 12.2 Å². The number of Topliss-reactive ketones (excluding diaryl/α,β-unsaturated/α-hetero) is 1. The zero-order chi connectivity index (χ0) is 29.1. The summed E-state index contributed by atoms with van der Waals surface area (Å²) >= 11 is 0. The molecule has 0 saturated carbocycles. The molecule has 10 nitrogen and oxygen atoms in total. The van der Waals surface area contributed by atoms with Crippen LogP contribution in [0.25, 0.3) is 0 Å². The second-order valence-electron chi connectivity index (χ2n) is 13.9. The quantitative estimate of drug-likeness (QED) is 0.366. The molecular formula is C32H48O10. The Hall–Kier alpha value is -0.950. The molecule has 0 spiro atoms. The maximum Gasteiger partial charge on any atom is 0.161 e. The predicted octanol–water partition coefficient (Wildman–Crippen LogP) is 2.60. The number of ether oxygens (including phenoxy) is 7. The first-order chi connectivity index (χ1) is 20.3. The van der Waals surface area contributed by atoms with E-state index in [1.54, 1.807) is 0 Å². The molecule has 8 saturated heterocycles. The first-order valence-corrected chi connectivity index (χ1v) is 16.4. The number of carbonyl (C=O) groups is 1. The van der Waals surface area contributed by atoms with Crippen molar-refractivity contribution < 1.29 is 48.2 Å². The van der Waals surface area contributed by atoms with Crippen LogP contribution in [0.5, 0.6) is 0 Å². The summed E-state index contributed by atoms with van der Waals surface area (Å²) in [7, 11) is 0. The third-order valence-electron chi connectivity index (χ3n) is 10.9. The van der Waals surface area contributed by atoms with Crippen LogP contribution in [-0.2, 0) is 38.0 Å². The van der Waals surface area contributed by atoms with Crippen LogP contribution in [0.1, 0.15) is 78.1 Å². The fourth-order valence-corrected chi connectivity index (χ4v) is 8.68. The van der Waals surface area contributed by atoms with Crippen molar-refractivity contribution in [1.82, 2.24) is 0 Å². The Kier molecular flexibility index (Phi) is 8.57. The number of aliphatic hydroxyl groups is 2. The van der Waals surface area contributed by atoms with Gasteiger partial charge >= 0.3 is 0 Å². The number of fused-ring (bicyclic) bond motifs is 1. The van der Waals surface area contributed by atoms with Gasteiger partial charge in [-0.15, -0.1) is 0 Å². The van der Waals surface area contributed by atoms with Crippen LogP contribution in [0.4, 0.5) is 0 Å². The van der Waals surface area contributed by atoms with Gasteiger partial charge in [-0.25, -0.2) is 0 Å². The summed E-state index contributed by atoms with van der Waals surface area (Å²) in [5.74, 6) is 0.543. The molecule has 0 aliphatic carbocycles. The fourth-order valence-electron chi connectivity index (χ4n) is 8.68. The smallest absolute Gasteiger partial charge is 0.161 e. The lowest BCUT2D eigenvalue weighted by molar-refractivity contribution is -0.264. The lowest BCUT2D eigenvalue weighted by Gasteiger charge is -2.46. The van der Waals surface area contributed by atoms with Crippen molar-refractivity contribution in [2.24, 2.45) is 11.8 Å². The Morgan fingerprint density at radius 2 is 1.60 bits per heavy atom. The van der Waals surface area contributed by atoms with E-state index in [9.17, 15) is 15.0 Å². The third-order valence-corrected chi connectivity index (χ3v) is 10.9. The van der Waals surface area contributed by atoms with E-state index in [4.69, 9.17) is 33.2 Å². The molecule has 6 bridgehead atoms. The summed E-state index contributed by atoms with van der Waals surface area (Å²) in [6.07, 6.45) is 4.17. The van der Waals surface area contributed by atoms with Crippen LogP contribution in [0.15, 0.2) is 12.2 Å². The van der Waals surface area contributed by atoms with E-state index < -0.39 is 6.10 Å². The predicted molar refractivity (Wildman–Crippen MR) is 149 cm³/mol. The van der Waals surface area contributed by atoms with Crippen LogP contribution in [0.3, 0.4) is 0 Å². The highest BCUT2D eigenvalue weighted by Crippen LogP contribution is 2.49. The van der Waals surface area contributed by atoms with Crippen molar-refractivity contribution in [1.29, 1.82) is 0 Å². The van der Waals surface area contributed by atoms with Crippen LogP contribution >= 0.6 is 0 Å². The molecule has 8 aliphatic rings. The van der Waals surface area contributed by atoms with Crippen molar-refractivity contribution in [2.75, 3.05) is 6.61 Å². The van der Waals surface area contributed by atoms with E-state index in [1.165, 1.54) is 0 Å². The minimum absolute atomic E-state index is 0.00942. The summed E-state index contributed by atoms with van der Waals surface area (Å²) in [4.78, 5) is 13.5. The fraction of sp³-hybridized carbons (Fsp3) is 0.906. The molecule has 16 atom stereocenters. The van der Waals surface area contributed by atoms with Gasteiger partial charge in [-0.1, -0.05) is 20.4 Å². The van der Waals surface area contributed by atoms with Gasteiger partial charge in [0.1, 0.15) is 36.3 Å².